The van der Waals surface area contributed by atoms with Crippen LogP contribution in [0.15, 0.2) is 23.4 Å². The van der Waals surface area contributed by atoms with E-state index in [0.29, 0.717) is 44.5 Å². The molecule has 30 heteroatoms. The maximum Gasteiger partial charge on any atom is 0.266 e. The number of carbonyl (C=O) groups is 11. The number of nitrogens with one attached hydrogen (secondary N) is 7. The van der Waals surface area contributed by atoms with Gasteiger partial charge in [-0.1, -0.05) is 42.7 Å². The van der Waals surface area contributed by atoms with Crippen molar-refractivity contribution in [2.24, 2.45) is 22.5 Å². The Hall–Kier alpha value is -6.37. The third-order valence-corrected chi connectivity index (χ3v) is 18.0. The first-order chi connectivity index (χ1) is 40.5. The molecule has 472 valence electrons. The second-order valence-electron chi connectivity index (χ2n) is 21.8. The van der Waals surface area contributed by atoms with Crippen LogP contribution in [0.4, 0.5) is 0 Å². The lowest BCUT2D eigenvalue weighted by Gasteiger charge is -2.33. The molecule has 4 bridgehead atoms. The van der Waals surface area contributed by atoms with Crippen molar-refractivity contribution in [3.63, 3.8) is 0 Å². The number of nitrogens with two attached hydrogens (primary N) is 2. The first-order valence-corrected chi connectivity index (χ1v) is 32.9. The van der Waals surface area contributed by atoms with Gasteiger partial charge >= 0.3 is 0 Å². The average Bonchev–Trinajstić information content (AvgIpc) is 3.69. The number of hydrogen-bond donors (Lipinski definition) is 10. The van der Waals surface area contributed by atoms with Gasteiger partial charge in [0, 0.05) is 48.9 Å². The molecule has 12 N–H and O–H groups in total. The minimum absolute atomic E-state index is 0.0398. The molecule has 0 saturated carbocycles. The number of thioether (sulfide) groups is 2. The molecule has 0 aromatic heterocycles. The lowest BCUT2D eigenvalue weighted by Crippen LogP contribution is -2.61. The van der Waals surface area contributed by atoms with Crippen LogP contribution in [0.25, 0.3) is 0 Å². The van der Waals surface area contributed by atoms with Gasteiger partial charge in [-0.3, -0.25) is 52.7 Å². The van der Waals surface area contributed by atoms with E-state index in [0.717, 1.165) is 30.2 Å². The Morgan fingerprint density at radius 2 is 1.31 bits per heavy atom. The predicted molar refractivity (Wildman–Crippen MR) is 318 cm³/mol. The van der Waals surface area contributed by atoms with Crippen LogP contribution in [-0.2, 0) is 80.3 Å². The van der Waals surface area contributed by atoms with Crippen LogP contribution < -0.4 is 53.4 Å². The second-order valence-corrected chi connectivity index (χ2v) is 25.4. The summed E-state index contributed by atoms with van der Waals surface area (Å²) < 4.78 is 18.7. The number of ether oxygens (including phenoxy) is 1. The average molecular weight is 1250 g/mol. The molecule has 2 fully saturated rings. The van der Waals surface area contributed by atoms with Crippen LogP contribution in [0.1, 0.15) is 116 Å². The number of aliphatic hydroxyl groups excluding tert-OH is 1. The number of amides is 11. The first-order valence-electron chi connectivity index (χ1n) is 28.8. The summed E-state index contributed by atoms with van der Waals surface area (Å²) >= 11 is 1.04. The molecule has 27 nitrogen and oxygen atoms in total. The minimum Gasteiger partial charge on any atom is -0.617 e. The summed E-state index contributed by atoms with van der Waals surface area (Å²) in [5, 5.41) is 33.0. The lowest BCUT2D eigenvalue weighted by atomic mass is 9.97. The van der Waals surface area contributed by atoms with Crippen molar-refractivity contribution in [2.45, 2.75) is 177 Å². The van der Waals surface area contributed by atoms with E-state index in [9.17, 15) is 62.4 Å². The smallest absolute Gasteiger partial charge is 0.266 e. The number of rotatable bonds is 10. The Morgan fingerprint density at radius 1 is 0.718 bits per heavy atom. The van der Waals surface area contributed by atoms with Crippen molar-refractivity contribution in [3.05, 3.63) is 29.3 Å². The summed E-state index contributed by atoms with van der Waals surface area (Å²) in [5.74, 6) is -8.37. The van der Waals surface area contributed by atoms with Gasteiger partial charge in [0.1, 0.15) is 78.7 Å². The fourth-order valence-electron chi connectivity index (χ4n) is 9.99. The van der Waals surface area contributed by atoms with E-state index in [2.05, 4.69) is 42.4 Å². The summed E-state index contributed by atoms with van der Waals surface area (Å²) in [5.41, 5.74) is 12.7. The van der Waals surface area contributed by atoms with E-state index in [4.69, 9.17) is 21.0 Å². The third-order valence-electron chi connectivity index (χ3n) is 15.0. The fraction of sp³-hybridized carbons (Fsp3) is 0.673. The van der Waals surface area contributed by atoms with Crippen molar-refractivity contribution in [1.82, 2.24) is 47.0 Å². The Bertz CT molecular complexity index is 2570. The van der Waals surface area contributed by atoms with Crippen LogP contribution in [0.3, 0.4) is 0 Å². The Kier molecular flexibility index (Phi) is 28.3. The monoisotopic (exact) mass is 1250 g/mol. The van der Waals surface area contributed by atoms with Crippen LogP contribution in [0, 0.1) is 5.92 Å². The molecule has 5 rings (SSSR count). The maximum absolute atomic E-state index is 14.9. The quantitative estimate of drug-likeness (QED) is 0.119. The molecule has 1 aromatic rings. The standard InChI is InChI=1S/C55H84N12O15S3/c1-6-31(2)45-55(79)67-19-12-14-42(67)52(76)65-46(33(4)68)53(77)62-39(47(57)71)29-83-27-34-23-35-25-36(24-34)81-20-9-7-8-10-21-82-58-26-44(70)60-37(15-16-43(56)69)50(74)63-40(30-84-28-35)54(78)66-18-11-13-41(66)51(75)61-38(17-22-85(5)80)49(73)59-32(3)48(72)64-45/h23-26,31-33,37-42,45-46,68H,6-22,27-30H2,1-5H3,(H2,56,69)(H2,57,71)(H,59,73)(H,60,70)(H,61,75)(H,62,77)(H,63,74)(H,64,72)(H,65,76)/b58-26+/t31-,32-,33+,37-,38-,39-,40-,41-,42-,45-,46-,85?/m0/s1. The normalized spacial score (nSPS) is 28.1. The van der Waals surface area contributed by atoms with Crippen LogP contribution in [-0.4, -0.2) is 201 Å². The van der Waals surface area contributed by atoms with Gasteiger partial charge in [0.25, 0.3) is 5.91 Å². The minimum atomic E-state index is -1.59. The zero-order valence-corrected chi connectivity index (χ0v) is 51.3. The molecule has 1 aromatic carbocycles. The van der Waals surface area contributed by atoms with Gasteiger partial charge in [-0.05, 0) is 101 Å². The molecular formula is C55H84N12O15S3. The molecule has 4 aliphatic heterocycles. The molecule has 0 aliphatic carbocycles. The van der Waals surface area contributed by atoms with E-state index in [1.54, 1.807) is 13.8 Å². The van der Waals surface area contributed by atoms with E-state index in [-0.39, 0.29) is 80.6 Å². The van der Waals surface area contributed by atoms with E-state index < -0.39 is 143 Å². The van der Waals surface area contributed by atoms with Gasteiger partial charge in [-0.2, -0.15) is 23.5 Å². The number of primary amides is 2. The van der Waals surface area contributed by atoms with Gasteiger partial charge in [-0.25, -0.2) is 0 Å². The number of aliphatic hydroxyl groups is 1. The van der Waals surface area contributed by atoms with Crippen molar-refractivity contribution < 1.29 is 72.0 Å². The summed E-state index contributed by atoms with van der Waals surface area (Å²) in [6, 6.07) is -6.30. The lowest BCUT2D eigenvalue weighted by molar-refractivity contribution is -0.144. The molecule has 4 aliphatic rings. The second kappa shape index (κ2) is 34.7. The molecule has 12 atom stereocenters. The highest BCUT2D eigenvalue weighted by Gasteiger charge is 2.43. The summed E-state index contributed by atoms with van der Waals surface area (Å²) in [6.07, 6.45) is 4.28. The molecule has 0 spiro atoms. The highest BCUT2D eigenvalue weighted by atomic mass is 32.2. The van der Waals surface area contributed by atoms with Gasteiger partial charge in [0.2, 0.25) is 59.1 Å². The summed E-state index contributed by atoms with van der Waals surface area (Å²) in [6.45, 7) is 6.85. The Balaban J connectivity index is 1.55. The van der Waals surface area contributed by atoms with Crippen LogP contribution in [0.2, 0.25) is 0 Å². The highest BCUT2D eigenvalue weighted by molar-refractivity contribution is 7.98. The van der Waals surface area contributed by atoms with Crippen LogP contribution >= 0.6 is 23.5 Å². The van der Waals surface area contributed by atoms with E-state index in [1.807, 2.05) is 18.2 Å². The third kappa shape index (κ3) is 21.8. The van der Waals surface area contributed by atoms with E-state index in [1.165, 1.54) is 53.4 Å². The number of fused-ring (bicyclic) bond motifs is 7. The van der Waals surface area contributed by atoms with Gasteiger partial charge in [-0.15, -0.1) is 0 Å². The van der Waals surface area contributed by atoms with Crippen molar-refractivity contribution >= 4 is 106 Å². The molecule has 4 heterocycles. The van der Waals surface area contributed by atoms with Gasteiger partial charge < -0.3 is 77.7 Å². The Labute approximate surface area is 506 Å². The molecule has 0 radical (unpaired) electrons. The Morgan fingerprint density at radius 3 is 1.92 bits per heavy atom. The topological polar surface area (TPSA) is 405 Å². The molecular weight excluding hydrogens is 1160 g/mol. The van der Waals surface area contributed by atoms with Crippen LogP contribution in [0.5, 0.6) is 5.75 Å². The maximum atomic E-state index is 14.9. The van der Waals surface area contributed by atoms with Gasteiger partial charge in [0.15, 0.2) is 0 Å². The number of oxime groups is 1. The number of hydrogen-bond acceptors (Lipinski definition) is 18. The number of carbonyl (C=O) groups excluding carboxylic acids is 11. The highest BCUT2D eigenvalue weighted by Crippen LogP contribution is 2.28. The molecule has 2 saturated heterocycles. The molecule has 1 unspecified atom stereocenters. The van der Waals surface area contributed by atoms with Crippen molar-refractivity contribution in [2.75, 3.05) is 49.8 Å². The zero-order valence-electron chi connectivity index (χ0n) is 48.9. The summed E-state index contributed by atoms with van der Waals surface area (Å²) in [4.78, 5) is 160. The van der Waals surface area contributed by atoms with Crippen molar-refractivity contribution in [1.29, 1.82) is 0 Å². The molecule has 85 heavy (non-hydrogen) atoms. The van der Waals surface area contributed by atoms with E-state index >= 15 is 0 Å². The van der Waals surface area contributed by atoms with Crippen molar-refractivity contribution in [3.8, 4) is 5.75 Å². The SMILES string of the molecule is CC[C@H](C)[C@@H]1NC(=O)[C@H](C)NC(=O)[C@H](CC[S+](C)[O-])NC(=O)[C@@H]2CCCN2C(=O)[C@@H]2CSCc3cc(cc(c3)OCCCCCCO/N=C/C(=O)N[C@@H](CCC(N)=O)C(=O)N2)CSC[C@@H](C(N)=O)NC(=O)[C@H]([C@@H](C)O)NC(=O)[C@@H]2CCCN2C1=O. The number of benzene rings is 1. The first kappa shape index (κ1) is 69.4. The summed E-state index contributed by atoms with van der Waals surface area (Å²) in [7, 11) is 0. The predicted octanol–water partition coefficient (Wildman–Crippen LogP) is -1.54. The molecule has 11 amide bonds. The fourth-order valence-corrected chi connectivity index (χ4v) is 12.5. The zero-order chi connectivity index (χ0) is 62.3. The number of nitrogens with zero attached hydrogens (tertiary/aromatic N) is 3. The largest absolute Gasteiger partial charge is 0.617 e. The van der Waals surface area contributed by atoms with Gasteiger partial charge in [0.05, 0.1) is 19.0 Å².